The van der Waals surface area contributed by atoms with Gasteiger partial charge in [0, 0.05) is 11.4 Å². The van der Waals surface area contributed by atoms with Crippen LogP contribution in [0.2, 0.25) is 0 Å². The molecule has 4 aromatic rings. The Kier molecular flexibility index (Phi) is 5.51. The normalized spacial score (nSPS) is 11.5. The average molecular weight is 491 g/mol. The molecule has 2 aromatic carbocycles. The summed E-state index contributed by atoms with van der Waals surface area (Å²) >= 11 is 0.728. The summed E-state index contributed by atoms with van der Waals surface area (Å²) in [5.41, 5.74) is -2.97. The van der Waals surface area contributed by atoms with E-state index in [4.69, 9.17) is 4.74 Å². The summed E-state index contributed by atoms with van der Waals surface area (Å²) in [6, 6.07) is 9.05. The van der Waals surface area contributed by atoms with Crippen molar-refractivity contribution in [3.63, 3.8) is 0 Å². The van der Waals surface area contributed by atoms with Crippen molar-refractivity contribution >= 4 is 43.9 Å². The molecule has 0 atom stereocenters. The second-order valence-electron chi connectivity index (χ2n) is 6.65. The Labute approximate surface area is 188 Å². The van der Waals surface area contributed by atoms with Crippen molar-refractivity contribution in [3.8, 4) is 11.4 Å². The molecule has 10 nitrogen and oxygen atoms in total. The topological polar surface area (TPSA) is 148 Å². The SMILES string of the molecule is COc1cc(F)c(-n2c(=O)[nH]c3csc(C(=O)O)c3c2=O)cc1NS(=O)(=O)c1ccccc1. The number of aromatic amines is 1. The average Bonchev–Trinajstić information content (AvgIpc) is 3.20. The van der Waals surface area contributed by atoms with Gasteiger partial charge < -0.3 is 14.8 Å². The molecule has 0 spiro atoms. The van der Waals surface area contributed by atoms with Crippen LogP contribution in [0.4, 0.5) is 10.1 Å². The molecule has 4 rings (SSSR count). The van der Waals surface area contributed by atoms with Gasteiger partial charge in [-0.05, 0) is 18.2 Å². The Balaban J connectivity index is 1.94. The monoisotopic (exact) mass is 491 g/mol. The van der Waals surface area contributed by atoms with Crippen LogP contribution >= 0.6 is 11.3 Å². The second kappa shape index (κ2) is 8.18. The zero-order chi connectivity index (χ0) is 23.9. The molecular formula is C20H14FN3O7S2. The van der Waals surface area contributed by atoms with Crippen molar-refractivity contribution < 1.29 is 27.4 Å². The van der Waals surface area contributed by atoms with Crippen LogP contribution in [-0.4, -0.2) is 36.2 Å². The van der Waals surface area contributed by atoms with E-state index in [0.29, 0.717) is 4.57 Å². The molecule has 0 bridgehead atoms. The number of rotatable bonds is 6. The fourth-order valence-electron chi connectivity index (χ4n) is 3.18. The number of hydrogen-bond donors (Lipinski definition) is 3. The number of H-pyrrole nitrogens is 1. The highest BCUT2D eigenvalue weighted by molar-refractivity contribution is 7.92. The minimum Gasteiger partial charge on any atom is -0.494 e. The largest absolute Gasteiger partial charge is 0.494 e. The molecule has 0 aliphatic heterocycles. The Morgan fingerprint density at radius 3 is 2.55 bits per heavy atom. The highest BCUT2D eigenvalue weighted by atomic mass is 32.2. The summed E-state index contributed by atoms with van der Waals surface area (Å²) in [5, 5.41) is 10.3. The third-order valence-corrected chi connectivity index (χ3v) is 7.00. The van der Waals surface area contributed by atoms with Gasteiger partial charge in [0.25, 0.3) is 15.6 Å². The number of methoxy groups -OCH3 is 1. The maximum Gasteiger partial charge on any atom is 0.346 e. The molecule has 0 unspecified atom stereocenters. The summed E-state index contributed by atoms with van der Waals surface area (Å²) in [7, 11) is -2.94. The summed E-state index contributed by atoms with van der Waals surface area (Å²) in [6.45, 7) is 0. The lowest BCUT2D eigenvalue weighted by Gasteiger charge is -2.15. The van der Waals surface area contributed by atoms with Gasteiger partial charge in [-0.1, -0.05) is 18.2 Å². The summed E-state index contributed by atoms with van der Waals surface area (Å²) in [6.07, 6.45) is 0. The van der Waals surface area contributed by atoms with Crippen molar-refractivity contribution in [2.24, 2.45) is 0 Å². The van der Waals surface area contributed by atoms with E-state index in [1.165, 1.54) is 36.8 Å². The van der Waals surface area contributed by atoms with Gasteiger partial charge in [-0.15, -0.1) is 11.3 Å². The number of carbonyl (C=O) groups is 1. The molecule has 0 amide bonds. The van der Waals surface area contributed by atoms with Gasteiger partial charge in [0.2, 0.25) is 0 Å². The molecule has 2 heterocycles. The Hall–Kier alpha value is -3.97. The number of nitrogens with zero attached hydrogens (tertiary/aromatic N) is 1. The van der Waals surface area contributed by atoms with Gasteiger partial charge in [-0.25, -0.2) is 27.0 Å². The summed E-state index contributed by atoms with van der Waals surface area (Å²) in [4.78, 5) is 39.0. The van der Waals surface area contributed by atoms with Crippen molar-refractivity contribution in [2.45, 2.75) is 4.90 Å². The van der Waals surface area contributed by atoms with Gasteiger partial charge in [-0.3, -0.25) is 9.52 Å². The molecule has 13 heteroatoms. The zero-order valence-electron chi connectivity index (χ0n) is 16.7. The highest BCUT2D eigenvalue weighted by Crippen LogP contribution is 2.31. The minimum atomic E-state index is -4.12. The van der Waals surface area contributed by atoms with Crippen LogP contribution in [0.15, 0.2) is 62.3 Å². The first-order valence-corrected chi connectivity index (χ1v) is 11.5. The van der Waals surface area contributed by atoms with E-state index >= 15 is 0 Å². The van der Waals surface area contributed by atoms with Crippen LogP contribution in [0, 0.1) is 5.82 Å². The number of fused-ring (bicyclic) bond motifs is 1. The lowest BCUT2D eigenvalue weighted by atomic mass is 10.2. The molecule has 33 heavy (non-hydrogen) atoms. The molecule has 0 saturated carbocycles. The first-order chi connectivity index (χ1) is 15.6. The zero-order valence-corrected chi connectivity index (χ0v) is 18.3. The van der Waals surface area contributed by atoms with Crippen LogP contribution in [0.25, 0.3) is 16.6 Å². The van der Waals surface area contributed by atoms with E-state index in [9.17, 15) is 32.3 Å². The molecule has 0 radical (unpaired) electrons. The van der Waals surface area contributed by atoms with E-state index in [2.05, 4.69) is 9.71 Å². The molecular weight excluding hydrogens is 477 g/mol. The first-order valence-electron chi connectivity index (χ1n) is 9.09. The van der Waals surface area contributed by atoms with E-state index in [1.807, 2.05) is 0 Å². The Morgan fingerprint density at radius 2 is 1.91 bits per heavy atom. The number of nitrogens with one attached hydrogen (secondary N) is 2. The number of aromatic nitrogens is 2. The summed E-state index contributed by atoms with van der Waals surface area (Å²) < 4.78 is 48.1. The number of carboxylic acid groups (broad SMARTS) is 1. The van der Waals surface area contributed by atoms with Gasteiger partial charge in [0.05, 0.1) is 34.3 Å². The smallest absolute Gasteiger partial charge is 0.346 e. The number of halogens is 1. The van der Waals surface area contributed by atoms with Gasteiger partial charge in [-0.2, -0.15) is 0 Å². The number of aromatic carboxylic acids is 1. The standard InChI is InChI=1S/C20H14FN3O7S2/c1-31-15-7-11(21)14(8-12(15)23-33(29,30)10-5-3-2-4-6-10)24-18(25)16-13(22-20(24)28)9-32-17(16)19(26)27/h2-9,23H,1H3,(H,22,28)(H,26,27). The van der Waals surface area contributed by atoms with Crippen molar-refractivity contribution in [1.29, 1.82) is 0 Å². The molecule has 0 aliphatic rings. The number of thiophene rings is 1. The van der Waals surface area contributed by atoms with E-state index < -0.39 is 38.7 Å². The Bertz CT molecular complexity index is 1620. The van der Waals surface area contributed by atoms with Crippen LogP contribution in [-0.2, 0) is 10.0 Å². The van der Waals surface area contributed by atoms with Gasteiger partial charge >= 0.3 is 11.7 Å². The number of anilines is 1. The first kappa shape index (κ1) is 22.2. The molecule has 0 aliphatic carbocycles. The maximum absolute atomic E-state index is 14.9. The second-order valence-corrected chi connectivity index (χ2v) is 9.21. The minimum absolute atomic E-state index is 0.0115. The number of sulfonamides is 1. The van der Waals surface area contributed by atoms with E-state index in [0.717, 1.165) is 23.5 Å². The molecule has 170 valence electrons. The van der Waals surface area contributed by atoms with Gasteiger partial charge in [0.1, 0.15) is 10.6 Å². The third-order valence-electron chi connectivity index (χ3n) is 4.65. The molecule has 3 N–H and O–H groups in total. The Morgan fingerprint density at radius 1 is 1.21 bits per heavy atom. The maximum atomic E-state index is 14.9. The number of carboxylic acids is 1. The fourth-order valence-corrected chi connectivity index (χ4v) is 5.09. The quantitative estimate of drug-likeness (QED) is 0.375. The van der Waals surface area contributed by atoms with Crippen molar-refractivity contribution in [1.82, 2.24) is 9.55 Å². The van der Waals surface area contributed by atoms with E-state index in [1.54, 1.807) is 6.07 Å². The predicted octanol–water partition coefficient (Wildman–Crippen LogP) is 2.39. The van der Waals surface area contributed by atoms with Crippen LogP contribution in [0.3, 0.4) is 0 Å². The van der Waals surface area contributed by atoms with Crippen molar-refractivity contribution in [3.05, 3.63) is 79.4 Å². The predicted molar refractivity (Wildman–Crippen MR) is 119 cm³/mol. The molecule has 0 saturated heterocycles. The van der Waals surface area contributed by atoms with E-state index in [-0.39, 0.29) is 32.1 Å². The van der Waals surface area contributed by atoms with Crippen LogP contribution < -0.4 is 20.7 Å². The van der Waals surface area contributed by atoms with Crippen LogP contribution in [0.5, 0.6) is 5.75 Å². The number of ether oxygens (including phenoxy) is 1. The molecule has 0 fully saturated rings. The number of hydrogen-bond acceptors (Lipinski definition) is 7. The number of benzene rings is 2. The highest BCUT2D eigenvalue weighted by Gasteiger charge is 2.23. The molecule has 2 aromatic heterocycles. The summed E-state index contributed by atoms with van der Waals surface area (Å²) in [5.74, 6) is -2.67. The third kappa shape index (κ3) is 3.87. The van der Waals surface area contributed by atoms with Crippen molar-refractivity contribution in [2.75, 3.05) is 11.8 Å². The van der Waals surface area contributed by atoms with Crippen LogP contribution in [0.1, 0.15) is 9.67 Å². The lowest BCUT2D eigenvalue weighted by molar-refractivity contribution is 0.0704. The lowest BCUT2D eigenvalue weighted by Crippen LogP contribution is -2.34. The fraction of sp³-hybridized carbons (Fsp3) is 0.0500. The van der Waals surface area contributed by atoms with Gasteiger partial charge in [0.15, 0.2) is 5.82 Å².